The average Bonchev–Trinajstić information content (AvgIpc) is 3.03. The van der Waals surface area contributed by atoms with Crippen LogP contribution in [0.1, 0.15) is 12.7 Å². The fourth-order valence-electron chi connectivity index (χ4n) is 2.17. The monoisotopic (exact) mass is 373 g/mol. The fraction of sp³-hybridized carbons (Fsp3) is 0.118. The minimum atomic E-state index is 0.378. The van der Waals surface area contributed by atoms with Crippen LogP contribution in [0.5, 0.6) is 5.75 Å². The molecular weight excluding hydrogens is 358 g/mol. The zero-order valence-electron chi connectivity index (χ0n) is 13.6. The Bertz CT molecular complexity index is 936. The van der Waals surface area contributed by atoms with Gasteiger partial charge in [-0.2, -0.15) is 5.10 Å². The zero-order chi connectivity index (χ0) is 17.8. The lowest BCUT2D eigenvalue weighted by Crippen LogP contribution is -2.25. The van der Waals surface area contributed by atoms with E-state index < -0.39 is 0 Å². The van der Waals surface area contributed by atoms with Crippen LogP contribution in [0, 0.1) is 0 Å². The molecule has 0 spiro atoms. The maximum absolute atomic E-state index is 5.98. The molecule has 2 aromatic carbocycles. The highest BCUT2D eigenvalue weighted by molar-refractivity contribution is 7.80. The highest BCUT2D eigenvalue weighted by Gasteiger charge is 2.06. The minimum Gasteiger partial charge on any atom is -0.497 e. The number of hydrogen-bond donors (Lipinski definition) is 3. The normalized spacial score (nSPS) is 11.4. The van der Waals surface area contributed by atoms with Gasteiger partial charge in [-0.15, -0.1) is 0 Å². The molecule has 3 N–H and O–H groups in total. The summed E-state index contributed by atoms with van der Waals surface area (Å²) in [6, 6.07) is 12.9. The molecule has 0 bridgehead atoms. The number of methoxy groups -OCH3 is 1. The van der Waals surface area contributed by atoms with Crippen molar-refractivity contribution in [1.82, 2.24) is 15.4 Å². The van der Waals surface area contributed by atoms with Gasteiger partial charge in [0.2, 0.25) is 0 Å². The Kier molecular flexibility index (Phi) is 5.16. The largest absolute Gasteiger partial charge is 0.497 e. The van der Waals surface area contributed by atoms with Crippen LogP contribution in [0.25, 0.3) is 11.0 Å². The summed E-state index contributed by atoms with van der Waals surface area (Å²) in [5, 5.41) is 8.33. The van der Waals surface area contributed by atoms with Crippen molar-refractivity contribution in [2.75, 3.05) is 12.4 Å². The van der Waals surface area contributed by atoms with E-state index in [9.17, 15) is 0 Å². The Labute approximate surface area is 155 Å². The lowest BCUT2D eigenvalue weighted by atomic mass is 10.3. The van der Waals surface area contributed by atoms with Gasteiger partial charge in [-0.25, -0.2) is 4.98 Å². The summed E-state index contributed by atoms with van der Waals surface area (Å²) >= 11 is 11.2. The van der Waals surface area contributed by atoms with Crippen molar-refractivity contribution in [2.24, 2.45) is 5.10 Å². The van der Waals surface area contributed by atoms with Gasteiger partial charge in [0.05, 0.1) is 18.1 Å². The highest BCUT2D eigenvalue weighted by Crippen LogP contribution is 2.17. The van der Waals surface area contributed by atoms with Crippen LogP contribution in [0.3, 0.4) is 0 Å². The first-order valence-electron chi connectivity index (χ1n) is 7.46. The third kappa shape index (κ3) is 4.26. The smallest absolute Gasteiger partial charge is 0.191 e. The van der Waals surface area contributed by atoms with Crippen LogP contribution in [0.2, 0.25) is 5.02 Å². The second-order valence-corrected chi connectivity index (χ2v) is 6.08. The number of hydrazone groups is 1. The molecule has 128 valence electrons. The van der Waals surface area contributed by atoms with E-state index in [4.69, 9.17) is 28.6 Å². The van der Waals surface area contributed by atoms with Gasteiger partial charge < -0.3 is 15.0 Å². The number of nitrogens with zero attached hydrogens (tertiary/aromatic N) is 2. The number of aromatic nitrogens is 2. The number of imidazole rings is 1. The molecule has 0 aliphatic rings. The van der Waals surface area contributed by atoms with Crippen LogP contribution in [-0.4, -0.2) is 27.9 Å². The minimum absolute atomic E-state index is 0.378. The van der Waals surface area contributed by atoms with Crippen molar-refractivity contribution >= 4 is 51.4 Å². The number of ether oxygens (including phenoxy) is 1. The molecule has 0 aliphatic carbocycles. The molecule has 1 aromatic heterocycles. The predicted octanol–water partition coefficient (Wildman–Crippen LogP) is 3.94. The topological polar surface area (TPSA) is 74.3 Å². The van der Waals surface area contributed by atoms with E-state index in [0.29, 0.717) is 21.7 Å². The van der Waals surface area contributed by atoms with Crippen molar-refractivity contribution in [1.29, 1.82) is 0 Å². The van der Waals surface area contributed by atoms with Gasteiger partial charge in [-0.3, -0.25) is 5.43 Å². The first-order chi connectivity index (χ1) is 12.0. The Morgan fingerprint density at radius 2 is 2.00 bits per heavy atom. The lowest BCUT2D eigenvalue weighted by Gasteiger charge is -2.08. The number of anilines is 1. The Morgan fingerprint density at radius 1 is 1.24 bits per heavy atom. The Morgan fingerprint density at radius 3 is 2.72 bits per heavy atom. The molecule has 0 radical (unpaired) electrons. The SMILES string of the molecule is COc1ccc(NC(=S)N/N=C(\C)c2nc3ccc(Cl)cc3[nH]2)cc1. The number of H-pyrrole nitrogens is 1. The molecule has 0 unspecified atom stereocenters. The van der Waals surface area contributed by atoms with Crippen LogP contribution >= 0.6 is 23.8 Å². The summed E-state index contributed by atoms with van der Waals surface area (Å²) in [7, 11) is 1.62. The number of fused-ring (bicyclic) bond motifs is 1. The van der Waals surface area contributed by atoms with E-state index in [0.717, 1.165) is 22.5 Å². The quantitative estimate of drug-likeness (QED) is 0.367. The summed E-state index contributed by atoms with van der Waals surface area (Å²) in [4.78, 5) is 7.65. The first-order valence-corrected chi connectivity index (χ1v) is 8.25. The molecular formula is C17H16ClN5OS. The van der Waals surface area contributed by atoms with Crippen molar-refractivity contribution in [3.8, 4) is 5.75 Å². The van der Waals surface area contributed by atoms with Gasteiger partial charge in [0.15, 0.2) is 10.9 Å². The van der Waals surface area contributed by atoms with E-state index in [1.165, 1.54) is 0 Å². The molecule has 1 heterocycles. The van der Waals surface area contributed by atoms with E-state index >= 15 is 0 Å². The number of thiocarbonyl (C=S) groups is 1. The predicted molar refractivity (Wildman–Crippen MR) is 106 cm³/mol. The lowest BCUT2D eigenvalue weighted by molar-refractivity contribution is 0.415. The third-order valence-corrected chi connectivity index (χ3v) is 3.89. The summed E-state index contributed by atoms with van der Waals surface area (Å²) in [5.41, 5.74) is 6.00. The molecule has 3 rings (SSSR count). The van der Waals surface area contributed by atoms with Gasteiger partial charge in [0, 0.05) is 10.7 Å². The second kappa shape index (κ2) is 7.50. The van der Waals surface area contributed by atoms with Crippen LogP contribution < -0.4 is 15.5 Å². The third-order valence-electron chi connectivity index (χ3n) is 3.46. The highest BCUT2D eigenvalue weighted by atomic mass is 35.5. The van der Waals surface area contributed by atoms with Crippen molar-refractivity contribution in [2.45, 2.75) is 6.92 Å². The maximum Gasteiger partial charge on any atom is 0.191 e. The average molecular weight is 374 g/mol. The number of aromatic amines is 1. The van der Waals surface area contributed by atoms with E-state index in [1.54, 1.807) is 13.2 Å². The summed E-state index contributed by atoms with van der Waals surface area (Å²) in [5.74, 6) is 1.43. The molecule has 0 atom stereocenters. The molecule has 0 amide bonds. The molecule has 6 nitrogen and oxygen atoms in total. The molecule has 3 aromatic rings. The number of rotatable bonds is 4. The van der Waals surface area contributed by atoms with Crippen molar-refractivity contribution in [3.05, 3.63) is 53.3 Å². The number of nitrogens with one attached hydrogen (secondary N) is 3. The van der Waals surface area contributed by atoms with Gasteiger partial charge in [-0.05, 0) is 61.6 Å². The number of hydrogen-bond acceptors (Lipinski definition) is 4. The van der Waals surface area contributed by atoms with Crippen molar-refractivity contribution in [3.63, 3.8) is 0 Å². The van der Waals surface area contributed by atoms with Crippen LogP contribution in [0.4, 0.5) is 5.69 Å². The van der Waals surface area contributed by atoms with E-state index in [2.05, 4.69) is 25.8 Å². The Hall–Kier alpha value is -2.64. The van der Waals surface area contributed by atoms with Crippen LogP contribution in [-0.2, 0) is 0 Å². The molecule has 8 heteroatoms. The molecule has 0 aliphatic heterocycles. The van der Waals surface area contributed by atoms with Gasteiger partial charge in [-0.1, -0.05) is 11.6 Å². The van der Waals surface area contributed by atoms with E-state index in [-0.39, 0.29) is 0 Å². The maximum atomic E-state index is 5.98. The number of benzene rings is 2. The van der Waals surface area contributed by atoms with Gasteiger partial charge >= 0.3 is 0 Å². The summed E-state index contributed by atoms with van der Waals surface area (Å²) in [6.07, 6.45) is 0. The van der Waals surface area contributed by atoms with Crippen molar-refractivity contribution < 1.29 is 4.74 Å². The zero-order valence-corrected chi connectivity index (χ0v) is 15.2. The molecule has 0 saturated heterocycles. The van der Waals surface area contributed by atoms with Crippen LogP contribution in [0.15, 0.2) is 47.6 Å². The van der Waals surface area contributed by atoms with Gasteiger partial charge in [0.25, 0.3) is 0 Å². The standard InChI is InChI=1S/C17H16ClN5OS/c1-10(16-20-14-8-3-11(18)9-15(14)21-16)22-23-17(25)19-12-4-6-13(24-2)7-5-12/h3-9H,1-2H3,(H,20,21)(H2,19,23,25)/b22-10+. The fourth-order valence-corrected chi connectivity index (χ4v) is 2.51. The first kappa shape index (κ1) is 17.2. The summed E-state index contributed by atoms with van der Waals surface area (Å²) < 4.78 is 5.12. The molecule has 0 saturated carbocycles. The molecule has 0 fully saturated rings. The Balaban J connectivity index is 1.65. The van der Waals surface area contributed by atoms with E-state index in [1.807, 2.05) is 43.3 Å². The molecule has 25 heavy (non-hydrogen) atoms. The van der Waals surface area contributed by atoms with Gasteiger partial charge in [0.1, 0.15) is 11.5 Å². The summed E-state index contributed by atoms with van der Waals surface area (Å²) in [6.45, 7) is 1.84. The second-order valence-electron chi connectivity index (χ2n) is 5.24. The number of halogens is 1.